The molecule has 1 unspecified atom stereocenters. The molecule has 18 heavy (non-hydrogen) atoms. The van der Waals surface area contributed by atoms with Gasteiger partial charge in [0.1, 0.15) is 0 Å². The lowest BCUT2D eigenvalue weighted by Gasteiger charge is -2.17. The van der Waals surface area contributed by atoms with Crippen molar-refractivity contribution in [3.63, 3.8) is 0 Å². The molecular formula is C13H28N2O3. The summed E-state index contributed by atoms with van der Waals surface area (Å²) in [6, 6.07) is 0. The lowest BCUT2D eigenvalue weighted by atomic mass is 10.0. The molecule has 0 radical (unpaired) electrons. The quantitative estimate of drug-likeness (QED) is 0.549. The second-order valence-corrected chi connectivity index (χ2v) is 4.37. The monoisotopic (exact) mass is 260 g/mol. The van der Waals surface area contributed by atoms with E-state index in [9.17, 15) is 4.79 Å². The number of nitrogens with two attached hydrogens (primary N) is 1. The first-order chi connectivity index (χ1) is 8.63. The van der Waals surface area contributed by atoms with Crippen molar-refractivity contribution in [2.45, 2.75) is 46.3 Å². The summed E-state index contributed by atoms with van der Waals surface area (Å²) >= 11 is 0. The van der Waals surface area contributed by atoms with Gasteiger partial charge >= 0.3 is 0 Å². The van der Waals surface area contributed by atoms with E-state index in [4.69, 9.17) is 15.2 Å². The molecule has 1 amide bonds. The fraction of sp³-hybridized carbons (Fsp3) is 0.923. The Morgan fingerprint density at radius 1 is 1.22 bits per heavy atom. The number of carbonyl (C=O) groups excluding carboxylic acids is 1. The Balaban J connectivity index is 3.72. The Morgan fingerprint density at radius 2 is 1.83 bits per heavy atom. The van der Waals surface area contributed by atoms with Gasteiger partial charge in [0.25, 0.3) is 0 Å². The predicted octanol–water partition coefficient (Wildman–Crippen LogP) is 1.27. The van der Waals surface area contributed by atoms with Crippen LogP contribution in [0.15, 0.2) is 0 Å². The zero-order valence-corrected chi connectivity index (χ0v) is 11.9. The van der Waals surface area contributed by atoms with Crippen LogP contribution in [0, 0.1) is 5.92 Å². The van der Waals surface area contributed by atoms with Gasteiger partial charge < -0.3 is 20.5 Å². The lowest BCUT2D eigenvalue weighted by molar-refractivity contribution is -0.140. The fourth-order valence-electron chi connectivity index (χ4n) is 1.63. The van der Waals surface area contributed by atoms with Gasteiger partial charge in [0.05, 0.1) is 6.54 Å². The molecule has 5 nitrogen and oxygen atoms in total. The number of hydrogen-bond acceptors (Lipinski definition) is 4. The van der Waals surface area contributed by atoms with Gasteiger partial charge in [-0.3, -0.25) is 4.79 Å². The highest BCUT2D eigenvalue weighted by atomic mass is 16.7. The number of amides is 1. The molecule has 0 saturated heterocycles. The van der Waals surface area contributed by atoms with Crippen LogP contribution in [0.1, 0.15) is 40.0 Å². The summed E-state index contributed by atoms with van der Waals surface area (Å²) in [6.45, 7) is 8.17. The van der Waals surface area contributed by atoms with Gasteiger partial charge in [0.2, 0.25) is 5.91 Å². The maximum atomic E-state index is 11.6. The molecule has 0 heterocycles. The first kappa shape index (κ1) is 17.4. The molecule has 0 bridgehead atoms. The van der Waals surface area contributed by atoms with Gasteiger partial charge in [0, 0.05) is 19.6 Å². The molecule has 0 saturated carbocycles. The van der Waals surface area contributed by atoms with Gasteiger partial charge in [-0.25, -0.2) is 0 Å². The highest BCUT2D eigenvalue weighted by Crippen LogP contribution is 2.08. The van der Waals surface area contributed by atoms with Crippen molar-refractivity contribution in [1.82, 2.24) is 5.32 Å². The summed E-state index contributed by atoms with van der Waals surface area (Å²) in [7, 11) is 0. The second-order valence-electron chi connectivity index (χ2n) is 4.37. The molecule has 0 aliphatic carbocycles. The summed E-state index contributed by atoms with van der Waals surface area (Å²) in [4.78, 5) is 11.6. The van der Waals surface area contributed by atoms with Crippen LogP contribution < -0.4 is 11.1 Å². The molecule has 0 aliphatic heterocycles. The van der Waals surface area contributed by atoms with Crippen molar-refractivity contribution >= 4 is 5.91 Å². The van der Waals surface area contributed by atoms with Crippen LogP contribution in [0.4, 0.5) is 0 Å². The second kappa shape index (κ2) is 11.4. The normalized spacial score (nSPS) is 12.7. The summed E-state index contributed by atoms with van der Waals surface area (Å²) in [6.07, 6.45) is 2.03. The highest BCUT2D eigenvalue weighted by molar-refractivity contribution is 5.75. The van der Waals surface area contributed by atoms with Crippen LogP contribution >= 0.6 is 0 Å². The average molecular weight is 260 g/mol. The molecule has 0 fully saturated rings. The number of rotatable bonds is 11. The van der Waals surface area contributed by atoms with Crippen LogP contribution in [0.25, 0.3) is 0 Å². The number of carbonyl (C=O) groups is 1. The number of ether oxygens (including phenoxy) is 2. The Morgan fingerprint density at radius 3 is 2.33 bits per heavy atom. The van der Waals surface area contributed by atoms with E-state index < -0.39 is 0 Å². The molecule has 5 heteroatoms. The smallest absolute Gasteiger partial charge is 0.220 e. The fourth-order valence-corrected chi connectivity index (χ4v) is 1.63. The molecule has 0 aromatic carbocycles. The highest BCUT2D eigenvalue weighted by Gasteiger charge is 2.11. The van der Waals surface area contributed by atoms with E-state index in [2.05, 4.69) is 12.2 Å². The van der Waals surface area contributed by atoms with Crippen LogP contribution in [-0.4, -0.2) is 38.5 Å². The zero-order valence-electron chi connectivity index (χ0n) is 11.9. The predicted molar refractivity (Wildman–Crippen MR) is 72.1 cm³/mol. The first-order valence-electron chi connectivity index (χ1n) is 6.83. The van der Waals surface area contributed by atoms with Gasteiger partial charge in [-0.05, 0) is 39.2 Å². The largest absolute Gasteiger partial charge is 0.351 e. The molecule has 0 aromatic heterocycles. The minimum absolute atomic E-state index is 0.0447. The van der Waals surface area contributed by atoms with E-state index in [1.54, 1.807) is 0 Å². The molecule has 0 aliphatic rings. The SMILES string of the molecule is CCOC(CNC(=O)CCC(C)CCN)OCC. The van der Waals surface area contributed by atoms with E-state index in [0.717, 1.165) is 12.8 Å². The Bertz CT molecular complexity index is 206. The maximum Gasteiger partial charge on any atom is 0.220 e. The molecule has 3 N–H and O–H groups in total. The van der Waals surface area contributed by atoms with E-state index in [1.807, 2.05) is 13.8 Å². The lowest BCUT2D eigenvalue weighted by Crippen LogP contribution is -2.35. The van der Waals surface area contributed by atoms with Crippen molar-refractivity contribution in [2.24, 2.45) is 11.7 Å². The topological polar surface area (TPSA) is 73.6 Å². The van der Waals surface area contributed by atoms with Crippen LogP contribution in [-0.2, 0) is 14.3 Å². The van der Waals surface area contributed by atoms with E-state index in [1.165, 1.54) is 0 Å². The van der Waals surface area contributed by atoms with Gasteiger partial charge in [0.15, 0.2) is 6.29 Å². The third kappa shape index (κ3) is 9.39. The molecular weight excluding hydrogens is 232 g/mol. The minimum Gasteiger partial charge on any atom is -0.351 e. The molecule has 108 valence electrons. The Hall–Kier alpha value is -0.650. The van der Waals surface area contributed by atoms with Crippen molar-refractivity contribution < 1.29 is 14.3 Å². The van der Waals surface area contributed by atoms with Crippen LogP contribution in [0.3, 0.4) is 0 Å². The van der Waals surface area contributed by atoms with Crippen molar-refractivity contribution in [1.29, 1.82) is 0 Å². The molecule has 0 aromatic rings. The Kier molecular flexibility index (Phi) is 11.0. The Labute approximate surface area is 110 Å². The maximum absolute atomic E-state index is 11.6. The summed E-state index contributed by atoms with van der Waals surface area (Å²) in [5.74, 6) is 0.540. The molecule has 1 atom stereocenters. The first-order valence-corrected chi connectivity index (χ1v) is 6.83. The average Bonchev–Trinajstić information content (AvgIpc) is 2.34. The number of nitrogens with one attached hydrogen (secondary N) is 1. The van der Waals surface area contributed by atoms with Gasteiger partial charge in [-0.2, -0.15) is 0 Å². The van der Waals surface area contributed by atoms with E-state index in [0.29, 0.717) is 38.6 Å². The van der Waals surface area contributed by atoms with Gasteiger partial charge in [-0.1, -0.05) is 6.92 Å². The molecule has 0 spiro atoms. The third-order valence-corrected chi connectivity index (χ3v) is 2.69. The van der Waals surface area contributed by atoms with Crippen molar-refractivity contribution in [3.05, 3.63) is 0 Å². The van der Waals surface area contributed by atoms with Gasteiger partial charge in [-0.15, -0.1) is 0 Å². The van der Waals surface area contributed by atoms with Crippen molar-refractivity contribution in [2.75, 3.05) is 26.3 Å². The van der Waals surface area contributed by atoms with Crippen molar-refractivity contribution in [3.8, 4) is 0 Å². The number of hydrogen-bond donors (Lipinski definition) is 2. The summed E-state index contributed by atoms with van der Waals surface area (Å²) in [5, 5.41) is 2.83. The molecule has 0 rings (SSSR count). The summed E-state index contributed by atoms with van der Waals surface area (Å²) < 4.78 is 10.7. The van der Waals surface area contributed by atoms with E-state index in [-0.39, 0.29) is 12.2 Å². The van der Waals surface area contributed by atoms with Crippen LogP contribution in [0.5, 0.6) is 0 Å². The third-order valence-electron chi connectivity index (χ3n) is 2.69. The standard InChI is InChI=1S/C13H28N2O3/c1-4-17-13(18-5-2)10-15-12(16)7-6-11(3)8-9-14/h11,13H,4-10,14H2,1-3H3,(H,15,16). The van der Waals surface area contributed by atoms with Crippen LogP contribution in [0.2, 0.25) is 0 Å². The summed E-state index contributed by atoms with van der Waals surface area (Å²) in [5.41, 5.74) is 5.47. The zero-order chi connectivity index (χ0) is 13.8. The minimum atomic E-state index is -0.342. The van der Waals surface area contributed by atoms with E-state index >= 15 is 0 Å².